The number of aliphatic hydroxyl groups is 1. The molecule has 0 aliphatic carbocycles. The average molecular weight is 491 g/mol. The maximum Gasteiger partial charge on any atom is 0.358 e. The van der Waals surface area contributed by atoms with E-state index < -0.39 is 23.8 Å². The topological polar surface area (TPSA) is 106 Å². The Hall–Kier alpha value is -3.56. The standard InChI is InChI=1S/C24H24ClFN2O6/c1-3-33-24(31)20-22(34-13-14-7-5-4-6-8-14)21(29)16(12-27-20)23(30)28-11-15-9-10-17(32-2)18(25)19(15)26/h4-10,12,21,27,29H,3,11,13H2,1-2H3,(H,28,30). The number of dihydropyridines is 1. The molecule has 8 nitrogen and oxygen atoms in total. The number of carbonyl (C=O) groups excluding carboxylic acids is 2. The molecule has 1 aliphatic heterocycles. The molecular weight excluding hydrogens is 467 g/mol. The van der Waals surface area contributed by atoms with Gasteiger partial charge < -0.3 is 30.0 Å². The summed E-state index contributed by atoms with van der Waals surface area (Å²) in [6, 6.07) is 12.0. The largest absolute Gasteiger partial charge is 0.495 e. The molecule has 0 saturated carbocycles. The number of rotatable bonds is 9. The molecule has 0 aromatic heterocycles. The molecule has 1 amide bonds. The summed E-state index contributed by atoms with van der Waals surface area (Å²) in [7, 11) is 1.36. The number of carbonyl (C=O) groups is 2. The van der Waals surface area contributed by atoms with Crippen LogP contribution in [0, 0.1) is 5.82 Å². The van der Waals surface area contributed by atoms with Crippen LogP contribution in [0.4, 0.5) is 4.39 Å². The zero-order valence-corrected chi connectivity index (χ0v) is 19.3. The van der Waals surface area contributed by atoms with E-state index in [0.717, 1.165) is 5.56 Å². The first kappa shape index (κ1) is 25.1. The van der Waals surface area contributed by atoms with Crippen LogP contribution in [0.3, 0.4) is 0 Å². The van der Waals surface area contributed by atoms with Crippen LogP contribution in [0.2, 0.25) is 5.02 Å². The van der Waals surface area contributed by atoms with Gasteiger partial charge in [0, 0.05) is 18.3 Å². The molecule has 1 atom stereocenters. The second kappa shape index (κ2) is 11.5. The Labute approximate surface area is 201 Å². The Bertz CT molecular complexity index is 1120. The molecule has 0 spiro atoms. The molecule has 3 N–H and O–H groups in total. The van der Waals surface area contributed by atoms with Crippen molar-refractivity contribution in [3.8, 4) is 5.75 Å². The first-order chi connectivity index (χ1) is 16.4. The van der Waals surface area contributed by atoms with E-state index >= 15 is 0 Å². The minimum atomic E-state index is -1.56. The van der Waals surface area contributed by atoms with Crippen LogP contribution in [-0.2, 0) is 32.2 Å². The normalized spacial score (nSPS) is 15.2. The van der Waals surface area contributed by atoms with E-state index in [1.54, 1.807) is 6.92 Å². The number of esters is 1. The fourth-order valence-corrected chi connectivity index (χ4v) is 3.42. The highest BCUT2D eigenvalue weighted by molar-refractivity contribution is 6.32. The Morgan fingerprint density at radius 2 is 1.94 bits per heavy atom. The van der Waals surface area contributed by atoms with Gasteiger partial charge in [0.25, 0.3) is 5.91 Å². The molecule has 0 radical (unpaired) electrons. The van der Waals surface area contributed by atoms with Crippen LogP contribution < -0.4 is 15.4 Å². The number of methoxy groups -OCH3 is 1. The summed E-state index contributed by atoms with van der Waals surface area (Å²) in [4.78, 5) is 25.1. The Kier molecular flexibility index (Phi) is 8.50. The number of nitrogens with one attached hydrogen (secondary N) is 2. The third-order valence-corrected chi connectivity index (χ3v) is 5.28. The average Bonchev–Trinajstić information content (AvgIpc) is 2.84. The highest BCUT2D eigenvalue weighted by atomic mass is 35.5. The van der Waals surface area contributed by atoms with Gasteiger partial charge in [-0.05, 0) is 18.6 Å². The lowest BCUT2D eigenvalue weighted by atomic mass is 10.0. The molecule has 1 unspecified atom stereocenters. The second-order valence-electron chi connectivity index (χ2n) is 7.12. The van der Waals surface area contributed by atoms with Crippen LogP contribution in [0.25, 0.3) is 0 Å². The van der Waals surface area contributed by atoms with Gasteiger partial charge in [0.15, 0.2) is 17.3 Å². The number of hydrogen-bond acceptors (Lipinski definition) is 7. The molecule has 10 heteroatoms. The summed E-state index contributed by atoms with van der Waals surface area (Å²) in [6.45, 7) is 1.59. The molecule has 0 saturated heterocycles. The minimum absolute atomic E-state index is 0.0439. The molecule has 1 aliphatic rings. The van der Waals surface area contributed by atoms with Crippen molar-refractivity contribution in [2.75, 3.05) is 13.7 Å². The van der Waals surface area contributed by atoms with Crippen molar-refractivity contribution in [1.82, 2.24) is 10.6 Å². The summed E-state index contributed by atoms with van der Waals surface area (Å²) in [5.41, 5.74) is 0.671. The lowest BCUT2D eigenvalue weighted by molar-refractivity contribution is -0.139. The molecule has 34 heavy (non-hydrogen) atoms. The summed E-state index contributed by atoms with van der Waals surface area (Å²) in [5, 5.41) is 15.9. The highest BCUT2D eigenvalue weighted by Gasteiger charge is 2.33. The van der Waals surface area contributed by atoms with Crippen molar-refractivity contribution >= 4 is 23.5 Å². The lowest BCUT2D eigenvalue weighted by Crippen LogP contribution is -2.38. The third kappa shape index (κ3) is 5.67. The number of aliphatic hydroxyl groups excluding tert-OH is 1. The number of ether oxygens (including phenoxy) is 3. The van der Waals surface area contributed by atoms with E-state index in [4.69, 9.17) is 25.8 Å². The van der Waals surface area contributed by atoms with E-state index in [0.29, 0.717) is 0 Å². The van der Waals surface area contributed by atoms with Gasteiger partial charge in [0.2, 0.25) is 0 Å². The SMILES string of the molecule is CCOC(=O)C1=C(OCc2ccccc2)C(O)C(C(=O)NCc2ccc(OC)c(Cl)c2F)=CN1. The summed E-state index contributed by atoms with van der Waals surface area (Å²) >= 11 is 5.92. The quantitative estimate of drug-likeness (QED) is 0.464. The van der Waals surface area contributed by atoms with Gasteiger partial charge in [-0.2, -0.15) is 0 Å². The van der Waals surface area contributed by atoms with Crippen LogP contribution in [0.15, 0.2) is 65.7 Å². The number of benzene rings is 2. The third-order valence-electron chi connectivity index (χ3n) is 4.93. The maximum atomic E-state index is 14.4. The molecule has 180 valence electrons. The fraction of sp³-hybridized carbons (Fsp3) is 0.250. The first-order valence-electron chi connectivity index (χ1n) is 10.4. The van der Waals surface area contributed by atoms with Crippen molar-refractivity contribution in [3.05, 3.63) is 87.7 Å². The van der Waals surface area contributed by atoms with E-state index in [1.165, 1.54) is 25.4 Å². The number of halogens is 2. The first-order valence-corrected chi connectivity index (χ1v) is 10.8. The van der Waals surface area contributed by atoms with E-state index in [-0.39, 0.29) is 53.1 Å². The van der Waals surface area contributed by atoms with Gasteiger partial charge in [-0.1, -0.05) is 48.0 Å². The Morgan fingerprint density at radius 3 is 2.62 bits per heavy atom. The van der Waals surface area contributed by atoms with Gasteiger partial charge in [-0.25, -0.2) is 9.18 Å². The monoisotopic (exact) mass is 490 g/mol. The molecular formula is C24H24ClFN2O6. The van der Waals surface area contributed by atoms with Crippen molar-refractivity contribution in [3.63, 3.8) is 0 Å². The summed E-state index contributed by atoms with van der Waals surface area (Å²) < 4.78 is 30.1. The van der Waals surface area contributed by atoms with Gasteiger partial charge in [-0.3, -0.25) is 4.79 Å². The second-order valence-corrected chi connectivity index (χ2v) is 7.50. The van der Waals surface area contributed by atoms with Crippen LogP contribution in [0.5, 0.6) is 5.75 Å². The molecule has 3 rings (SSSR count). The fourth-order valence-electron chi connectivity index (χ4n) is 3.16. The molecule has 2 aromatic carbocycles. The zero-order valence-electron chi connectivity index (χ0n) is 18.6. The molecule has 2 aromatic rings. The Balaban J connectivity index is 1.75. The predicted molar refractivity (Wildman–Crippen MR) is 122 cm³/mol. The minimum Gasteiger partial charge on any atom is -0.495 e. The molecule has 0 fully saturated rings. The van der Waals surface area contributed by atoms with Gasteiger partial charge in [0.1, 0.15) is 23.5 Å². The number of hydrogen-bond donors (Lipinski definition) is 3. The molecule has 1 heterocycles. The molecule has 0 bridgehead atoms. The van der Waals surface area contributed by atoms with Crippen molar-refractivity contribution in [1.29, 1.82) is 0 Å². The van der Waals surface area contributed by atoms with Crippen molar-refractivity contribution < 1.29 is 33.3 Å². The van der Waals surface area contributed by atoms with Crippen molar-refractivity contribution in [2.45, 2.75) is 26.2 Å². The summed E-state index contributed by atoms with van der Waals surface area (Å²) in [5.74, 6) is -2.16. The van der Waals surface area contributed by atoms with Gasteiger partial charge >= 0.3 is 5.97 Å². The number of amides is 1. The highest BCUT2D eigenvalue weighted by Crippen LogP contribution is 2.29. The van der Waals surface area contributed by atoms with Crippen LogP contribution in [-0.4, -0.2) is 36.8 Å². The maximum absolute atomic E-state index is 14.4. The smallest absolute Gasteiger partial charge is 0.358 e. The predicted octanol–water partition coefficient (Wildman–Crippen LogP) is 2.94. The van der Waals surface area contributed by atoms with Crippen LogP contribution >= 0.6 is 11.6 Å². The van der Waals surface area contributed by atoms with Gasteiger partial charge in [0.05, 0.1) is 19.3 Å². The van der Waals surface area contributed by atoms with Crippen molar-refractivity contribution in [2.24, 2.45) is 0 Å². The van der Waals surface area contributed by atoms with E-state index in [2.05, 4.69) is 10.6 Å². The van der Waals surface area contributed by atoms with E-state index in [1.807, 2.05) is 30.3 Å². The Morgan fingerprint density at radius 1 is 1.21 bits per heavy atom. The van der Waals surface area contributed by atoms with E-state index in [9.17, 15) is 19.1 Å². The lowest BCUT2D eigenvalue weighted by Gasteiger charge is -2.25. The summed E-state index contributed by atoms with van der Waals surface area (Å²) in [6.07, 6.45) is -0.382. The van der Waals surface area contributed by atoms with Crippen LogP contribution in [0.1, 0.15) is 18.1 Å². The van der Waals surface area contributed by atoms with Gasteiger partial charge in [-0.15, -0.1) is 0 Å². The zero-order chi connectivity index (χ0) is 24.7.